The number of carbonyl (C=O) groups is 2. The Morgan fingerprint density at radius 2 is 2.19 bits per heavy atom. The van der Waals surface area contributed by atoms with Gasteiger partial charge in [-0.05, 0) is 38.0 Å². The number of hydrogen-bond donors (Lipinski definition) is 1. The van der Waals surface area contributed by atoms with E-state index >= 15 is 0 Å². The molecule has 1 N–H and O–H groups in total. The van der Waals surface area contributed by atoms with E-state index in [0.717, 1.165) is 12.8 Å². The van der Waals surface area contributed by atoms with E-state index in [-0.39, 0.29) is 24.5 Å². The lowest BCUT2D eigenvalue weighted by Crippen LogP contribution is -2.38. The van der Waals surface area contributed by atoms with E-state index in [4.69, 9.17) is 16.3 Å². The minimum atomic E-state index is -0.279. The molecule has 1 aromatic carbocycles. The van der Waals surface area contributed by atoms with E-state index in [1.54, 1.807) is 36.1 Å². The summed E-state index contributed by atoms with van der Waals surface area (Å²) in [4.78, 5) is 25.4. The van der Waals surface area contributed by atoms with Crippen LogP contribution >= 0.6 is 11.6 Å². The number of ether oxygens (including phenoxy) is 1. The van der Waals surface area contributed by atoms with Crippen LogP contribution in [0.15, 0.2) is 24.3 Å². The van der Waals surface area contributed by atoms with Gasteiger partial charge in [0.05, 0.1) is 13.0 Å². The van der Waals surface area contributed by atoms with E-state index < -0.39 is 0 Å². The summed E-state index contributed by atoms with van der Waals surface area (Å²) in [5.74, 6) is -0.279. The SMILES string of the molecule is CCOC(=O)CCN(C(=O)Nc1cccc(Cl)c1)C1CC1. The van der Waals surface area contributed by atoms with Gasteiger partial charge in [-0.2, -0.15) is 0 Å². The number of nitrogens with one attached hydrogen (secondary N) is 1. The van der Waals surface area contributed by atoms with Crippen LogP contribution in [0.1, 0.15) is 26.2 Å². The average molecular weight is 311 g/mol. The summed E-state index contributed by atoms with van der Waals surface area (Å²) in [5.41, 5.74) is 0.647. The molecule has 0 saturated heterocycles. The number of hydrogen-bond acceptors (Lipinski definition) is 3. The second kappa shape index (κ2) is 7.31. The van der Waals surface area contributed by atoms with Gasteiger partial charge in [-0.3, -0.25) is 4.79 Å². The van der Waals surface area contributed by atoms with Crippen molar-refractivity contribution in [2.75, 3.05) is 18.5 Å². The third kappa shape index (κ3) is 4.93. The summed E-state index contributed by atoms with van der Waals surface area (Å²) in [6.45, 7) is 2.50. The van der Waals surface area contributed by atoms with Crippen LogP contribution in [0, 0.1) is 0 Å². The first kappa shape index (κ1) is 15.6. The van der Waals surface area contributed by atoms with E-state index in [1.807, 2.05) is 0 Å². The van der Waals surface area contributed by atoms with Crippen molar-refractivity contribution in [3.05, 3.63) is 29.3 Å². The molecule has 5 nitrogen and oxygen atoms in total. The molecule has 0 radical (unpaired) electrons. The number of urea groups is 1. The Hall–Kier alpha value is -1.75. The third-order valence-corrected chi connectivity index (χ3v) is 3.42. The van der Waals surface area contributed by atoms with Gasteiger partial charge in [-0.1, -0.05) is 17.7 Å². The molecule has 1 fully saturated rings. The molecule has 0 bridgehead atoms. The van der Waals surface area contributed by atoms with Gasteiger partial charge in [0.2, 0.25) is 0 Å². The molecular formula is C15H19ClN2O3. The largest absolute Gasteiger partial charge is 0.466 e. The van der Waals surface area contributed by atoms with Crippen LogP contribution in [0.25, 0.3) is 0 Å². The molecule has 0 heterocycles. The highest BCUT2D eigenvalue weighted by Gasteiger charge is 2.32. The van der Waals surface area contributed by atoms with Gasteiger partial charge < -0.3 is 15.0 Å². The molecule has 2 rings (SSSR count). The average Bonchev–Trinajstić information content (AvgIpc) is 3.24. The molecule has 1 saturated carbocycles. The summed E-state index contributed by atoms with van der Waals surface area (Å²) < 4.78 is 4.89. The Kier molecular flexibility index (Phi) is 5.44. The molecule has 6 heteroatoms. The summed E-state index contributed by atoms with van der Waals surface area (Å²) in [5, 5.41) is 3.38. The first-order chi connectivity index (χ1) is 10.1. The molecule has 114 valence electrons. The van der Waals surface area contributed by atoms with Gasteiger partial charge >= 0.3 is 12.0 Å². The van der Waals surface area contributed by atoms with E-state index in [2.05, 4.69) is 5.32 Å². The van der Waals surface area contributed by atoms with Crippen molar-refractivity contribution in [2.45, 2.75) is 32.2 Å². The molecule has 21 heavy (non-hydrogen) atoms. The molecular weight excluding hydrogens is 292 g/mol. The van der Waals surface area contributed by atoms with Crippen molar-refractivity contribution in [2.24, 2.45) is 0 Å². The normalized spacial score (nSPS) is 13.6. The molecule has 2 amide bonds. The Labute approximate surface area is 129 Å². The van der Waals surface area contributed by atoms with Gasteiger partial charge in [-0.25, -0.2) is 4.79 Å². The standard InChI is InChI=1S/C15H19ClN2O3/c1-2-21-14(19)8-9-18(13-6-7-13)15(20)17-12-5-3-4-11(16)10-12/h3-5,10,13H,2,6-9H2,1H3,(H,17,20). The number of halogens is 1. The zero-order valence-corrected chi connectivity index (χ0v) is 12.7. The second-order valence-corrected chi connectivity index (χ2v) is 5.36. The fraction of sp³-hybridized carbons (Fsp3) is 0.467. The van der Waals surface area contributed by atoms with Crippen LogP contribution in [0.5, 0.6) is 0 Å². The van der Waals surface area contributed by atoms with Crippen molar-refractivity contribution >= 4 is 29.3 Å². The fourth-order valence-corrected chi connectivity index (χ4v) is 2.23. The summed E-state index contributed by atoms with van der Waals surface area (Å²) in [7, 11) is 0. The van der Waals surface area contributed by atoms with Gasteiger partial charge in [0.25, 0.3) is 0 Å². The van der Waals surface area contributed by atoms with Gasteiger partial charge in [0.1, 0.15) is 0 Å². The van der Waals surface area contributed by atoms with Gasteiger partial charge in [0.15, 0.2) is 0 Å². The quantitative estimate of drug-likeness (QED) is 0.820. The van der Waals surface area contributed by atoms with Crippen molar-refractivity contribution in [3.63, 3.8) is 0 Å². The lowest BCUT2D eigenvalue weighted by molar-refractivity contribution is -0.143. The first-order valence-corrected chi connectivity index (χ1v) is 7.46. The molecule has 0 aliphatic heterocycles. The topological polar surface area (TPSA) is 58.6 Å². The maximum atomic E-state index is 12.3. The first-order valence-electron chi connectivity index (χ1n) is 7.09. The van der Waals surface area contributed by atoms with Crippen LogP contribution in [0.3, 0.4) is 0 Å². The van der Waals surface area contributed by atoms with Crippen molar-refractivity contribution in [1.29, 1.82) is 0 Å². The van der Waals surface area contributed by atoms with Crippen molar-refractivity contribution in [3.8, 4) is 0 Å². The van der Waals surface area contributed by atoms with Crippen LogP contribution in [0.2, 0.25) is 5.02 Å². The Morgan fingerprint density at radius 3 is 2.81 bits per heavy atom. The van der Waals surface area contributed by atoms with E-state index in [1.165, 1.54) is 0 Å². The number of carbonyl (C=O) groups excluding carboxylic acids is 2. The molecule has 0 aromatic heterocycles. The highest BCUT2D eigenvalue weighted by Crippen LogP contribution is 2.28. The van der Waals surface area contributed by atoms with E-state index in [0.29, 0.717) is 23.9 Å². The lowest BCUT2D eigenvalue weighted by atomic mass is 10.3. The van der Waals surface area contributed by atoms with Crippen LogP contribution in [-0.4, -0.2) is 36.1 Å². The zero-order chi connectivity index (χ0) is 15.2. The Bertz CT molecular complexity index is 517. The minimum Gasteiger partial charge on any atom is -0.466 e. The number of rotatable bonds is 6. The molecule has 0 spiro atoms. The predicted molar refractivity (Wildman–Crippen MR) is 81.4 cm³/mol. The van der Waals surface area contributed by atoms with Gasteiger partial charge in [-0.15, -0.1) is 0 Å². The molecule has 0 unspecified atom stereocenters. The van der Waals surface area contributed by atoms with Crippen molar-refractivity contribution < 1.29 is 14.3 Å². The number of benzene rings is 1. The monoisotopic (exact) mass is 310 g/mol. The predicted octanol–water partition coefficient (Wildman–Crippen LogP) is 3.29. The Balaban J connectivity index is 1.91. The maximum absolute atomic E-state index is 12.3. The minimum absolute atomic E-state index is 0.205. The smallest absolute Gasteiger partial charge is 0.322 e. The maximum Gasteiger partial charge on any atom is 0.322 e. The van der Waals surface area contributed by atoms with Crippen LogP contribution in [0.4, 0.5) is 10.5 Å². The molecule has 0 atom stereocenters. The fourth-order valence-electron chi connectivity index (χ4n) is 2.04. The lowest BCUT2D eigenvalue weighted by Gasteiger charge is -2.22. The van der Waals surface area contributed by atoms with Crippen molar-refractivity contribution in [1.82, 2.24) is 4.90 Å². The summed E-state index contributed by atoms with van der Waals surface area (Å²) in [6.07, 6.45) is 2.17. The number of nitrogens with zero attached hydrogens (tertiary/aromatic N) is 1. The second-order valence-electron chi connectivity index (χ2n) is 4.92. The Morgan fingerprint density at radius 1 is 1.43 bits per heavy atom. The molecule has 1 aromatic rings. The highest BCUT2D eigenvalue weighted by atomic mass is 35.5. The molecule has 1 aliphatic rings. The highest BCUT2D eigenvalue weighted by molar-refractivity contribution is 6.30. The summed E-state index contributed by atoms with van der Waals surface area (Å²) in [6, 6.07) is 7.01. The molecule has 1 aliphatic carbocycles. The van der Waals surface area contributed by atoms with E-state index in [9.17, 15) is 9.59 Å². The summed E-state index contributed by atoms with van der Waals surface area (Å²) >= 11 is 5.89. The number of anilines is 1. The zero-order valence-electron chi connectivity index (χ0n) is 12.0. The van der Waals surface area contributed by atoms with Crippen LogP contribution in [-0.2, 0) is 9.53 Å². The van der Waals surface area contributed by atoms with Crippen LogP contribution < -0.4 is 5.32 Å². The third-order valence-electron chi connectivity index (χ3n) is 3.19. The van der Waals surface area contributed by atoms with Gasteiger partial charge in [0, 0.05) is 23.3 Å². The number of amides is 2. The number of esters is 1.